The molecule has 6 nitrogen and oxygen atoms in total. The zero-order chi connectivity index (χ0) is 16.7. The molecule has 2 aliphatic rings. The van der Waals surface area contributed by atoms with Crippen LogP contribution in [0.15, 0.2) is 36.7 Å². The van der Waals surface area contributed by atoms with E-state index in [0.717, 1.165) is 29.8 Å². The van der Waals surface area contributed by atoms with Crippen molar-refractivity contribution >= 4 is 11.7 Å². The van der Waals surface area contributed by atoms with Crippen LogP contribution in [-0.4, -0.2) is 44.0 Å². The number of benzene rings is 1. The zero-order valence-electron chi connectivity index (χ0n) is 13.7. The number of aromatic nitrogens is 2. The fourth-order valence-corrected chi connectivity index (χ4v) is 3.97. The lowest BCUT2D eigenvalue weighted by Gasteiger charge is -2.37. The number of aryl methyl sites for hydroxylation is 1. The summed E-state index contributed by atoms with van der Waals surface area (Å²) < 4.78 is 1.77. The molecule has 0 saturated carbocycles. The van der Waals surface area contributed by atoms with E-state index in [1.807, 2.05) is 42.3 Å². The van der Waals surface area contributed by atoms with Crippen molar-refractivity contribution in [3.05, 3.63) is 42.2 Å². The molecule has 1 aromatic carbocycles. The van der Waals surface area contributed by atoms with Crippen molar-refractivity contribution in [2.75, 3.05) is 5.32 Å². The molecular formula is C18H22N4O2. The summed E-state index contributed by atoms with van der Waals surface area (Å²) >= 11 is 0. The molecule has 2 saturated heterocycles. The number of rotatable bonds is 2. The number of aliphatic hydroxyl groups is 1. The van der Waals surface area contributed by atoms with E-state index in [2.05, 4.69) is 10.4 Å². The number of nitrogens with zero attached hydrogens (tertiary/aromatic N) is 3. The van der Waals surface area contributed by atoms with Gasteiger partial charge in [0.2, 0.25) is 0 Å². The van der Waals surface area contributed by atoms with Gasteiger partial charge in [0.1, 0.15) is 0 Å². The maximum atomic E-state index is 12.8. The fraction of sp³-hybridized carbons (Fsp3) is 0.444. The van der Waals surface area contributed by atoms with Gasteiger partial charge < -0.3 is 15.3 Å². The Morgan fingerprint density at radius 2 is 2.04 bits per heavy atom. The molecule has 6 heteroatoms. The minimum absolute atomic E-state index is 0.0601. The molecule has 2 unspecified atom stereocenters. The van der Waals surface area contributed by atoms with E-state index < -0.39 is 0 Å². The predicted octanol–water partition coefficient (Wildman–Crippen LogP) is 2.70. The normalized spacial score (nSPS) is 25.8. The molecule has 2 aliphatic heterocycles. The summed E-state index contributed by atoms with van der Waals surface area (Å²) in [6.45, 7) is 1.98. The summed E-state index contributed by atoms with van der Waals surface area (Å²) in [6.07, 6.45) is 6.70. The second-order valence-electron chi connectivity index (χ2n) is 6.80. The van der Waals surface area contributed by atoms with E-state index in [0.29, 0.717) is 12.8 Å². The molecule has 0 aliphatic carbocycles. The van der Waals surface area contributed by atoms with Gasteiger partial charge in [0.05, 0.1) is 11.8 Å². The smallest absolute Gasteiger partial charge is 0.322 e. The first-order chi connectivity index (χ1) is 11.6. The number of amides is 2. The van der Waals surface area contributed by atoms with Crippen molar-refractivity contribution in [1.82, 2.24) is 14.7 Å². The molecule has 2 atom stereocenters. The highest BCUT2D eigenvalue weighted by atomic mass is 16.3. The Kier molecular flexibility index (Phi) is 3.76. The first kappa shape index (κ1) is 15.2. The van der Waals surface area contributed by atoms with Crippen molar-refractivity contribution in [2.24, 2.45) is 0 Å². The molecule has 0 spiro atoms. The molecule has 4 rings (SSSR count). The molecule has 2 aromatic rings. The number of urea groups is 1. The number of nitrogens with one attached hydrogen (secondary N) is 1. The predicted molar refractivity (Wildman–Crippen MR) is 91.2 cm³/mol. The second kappa shape index (κ2) is 5.94. The van der Waals surface area contributed by atoms with Gasteiger partial charge in [-0.3, -0.25) is 0 Å². The van der Waals surface area contributed by atoms with Crippen LogP contribution < -0.4 is 5.32 Å². The van der Waals surface area contributed by atoms with E-state index in [1.54, 1.807) is 10.9 Å². The van der Waals surface area contributed by atoms with Gasteiger partial charge in [-0.15, -0.1) is 0 Å². The highest BCUT2D eigenvalue weighted by molar-refractivity contribution is 5.91. The largest absolute Gasteiger partial charge is 0.393 e. The lowest BCUT2D eigenvalue weighted by molar-refractivity contribution is 0.0580. The minimum Gasteiger partial charge on any atom is -0.393 e. The summed E-state index contributed by atoms with van der Waals surface area (Å²) in [4.78, 5) is 14.7. The summed E-state index contributed by atoms with van der Waals surface area (Å²) in [5.41, 5.74) is 2.74. The van der Waals surface area contributed by atoms with E-state index in [1.165, 1.54) is 0 Å². The van der Waals surface area contributed by atoms with Crippen molar-refractivity contribution in [2.45, 2.75) is 50.8 Å². The van der Waals surface area contributed by atoms with Gasteiger partial charge >= 0.3 is 6.03 Å². The summed E-state index contributed by atoms with van der Waals surface area (Å²) in [5, 5.41) is 17.2. The maximum absolute atomic E-state index is 12.8. The molecule has 2 amide bonds. The van der Waals surface area contributed by atoms with Crippen molar-refractivity contribution in [3.63, 3.8) is 0 Å². The van der Waals surface area contributed by atoms with Gasteiger partial charge in [0, 0.05) is 30.2 Å². The van der Waals surface area contributed by atoms with Gasteiger partial charge in [-0.1, -0.05) is 6.07 Å². The Balaban J connectivity index is 1.55. The molecule has 2 N–H and O–H groups in total. The van der Waals surface area contributed by atoms with Gasteiger partial charge in [0.15, 0.2) is 0 Å². The Labute approximate surface area is 141 Å². The quantitative estimate of drug-likeness (QED) is 0.891. The lowest BCUT2D eigenvalue weighted by atomic mass is 10.0. The van der Waals surface area contributed by atoms with E-state index >= 15 is 0 Å². The average molecular weight is 326 g/mol. The van der Waals surface area contributed by atoms with Gasteiger partial charge in [-0.25, -0.2) is 9.48 Å². The number of anilines is 1. The highest BCUT2D eigenvalue weighted by Gasteiger charge is 2.42. The number of aliphatic hydroxyl groups excluding tert-OH is 1. The number of carbonyl (C=O) groups excluding carboxylic acids is 1. The SMILES string of the molecule is Cc1ccc(-n2cccn2)cc1NC(=O)N1C2CCC1CC(O)C2. The van der Waals surface area contributed by atoms with Crippen LogP contribution >= 0.6 is 0 Å². The topological polar surface area (TPSA) is 70.4 Å². The summed E-state index contributed by atoms with van der Waals surface area (Å²) in [7, 11) is 0. The van der Waals surface area contributed by atoms with Crippen molar-refractivity contribution in [1.29, 1.82) is 0 Å². The standard InChI is InChI=1S/C18H22N4O2/c1-12-3-4-13(21-8-2-7-19-21)11-17(12)20-18(24)22-14-5-6-15(22)10-16(23)9-14/h2-4,7-8,11,14-16,23H,5-6,9-10H2,1H3,(H,20,24). The van der Waals surface area contributed by atoms with Crippen LogP contribution in [0.25, 0.3) is 5.69 Å². The molecule has 126 valence electrons. The lowest BCUT2D eigenvalue weighted by Crippen LogP contribution is -2.49. The first-order valence-electron chi connectivity index (χ1n) is 8.50. The van der Waals surface area contributed by atoms with Crippen LogP contribution in [0.4, 0.5) is 10.5 Å². The molecule has 3 heterocycles. The number of hydrogen-bond donors (Lipinski definition) is 2. The zero-order valence-corrected chi connectivity index (χ0v) is 13.7. The van der Waals surface area contributed by atoms with Crippen LogP contribution in [0.1, 0.15) is 31.2 Å². The van der Waals surface area contributed by atoms with Crippen LogP contribution in [0.2, 0.25) is 0 Å². The monoisotopic (exact) mass is 326 g/mol. The second-order valence-corrected chi connectivity index (χ2v) is 6.80. The van der Waals surface area contributed by atoms with Crippen LogP contribution in [0, 0.1) is 6.92 Å². The Hall–Kier alpha value is -2.34. The molecular weight excluding hydrogens is 304 g/mol. The fourth-order valence-electron chi connectivity index (χ4n) is 3.97. The number of carbonyl (C=O) groups is 1. The van der Waals surface area contributed by atoms with Crippen molar-refractivity contribution in [3.8, 4) is 5.69 Å². The maximum Gasteiger partial charge on any atom is 0.322 e. The van der Waals surface area contributed by atoms with Gasteiger partial charge in [-0.2, -0.15) is 5.10 Å². The molecule has 0 radical (unpaired) electrons. The molecule has 1 aromatic heterocycles. The van der Waals surface area contributed by atoms with Crippen LogP contribution in [0.3, 0.4) is 0 Å². The Bertz CT molecular complexity index is 729. The minimum atomic E-state index is -0.267. The number of hydrogen-bond acceptors (Lipinski definition) is 3. The number of fused-ring (bicyclic) bond motifs is 2. The summed E-state index contributed by atoms with van der Waals surface area (Å²) in [6, 6.07) is 8.05. The number of piperidine rings is 1. The first-order valence-corrected chi connectivity index (χ1v) is 8.50. The molecule has 2 fully saturated rings. The van der Waals surface area contributed by atoms with Crippen LogP contribution in [-0.2, 0) is 0 Å². The third kappa shape index (κ3) is 2.67. The Morgan fingerprint density at radius 1 is 1.29 bits per heavy atom. The third-order valence-corrected chi connectivity index (χ3v) is 5.17. The van der Waals surface area contributed by atoms with Crippen LogP contribution in [0.5, 0.6) is 0 Å². The van der Waals surface area contributed by atoms with Gasteiger partial charge in [-0.05, 0) is 56.4 Å². The van der Waals surface area contributed by atoms with Crippen molar-refractivity contribution < 1.29 is 9.90 Å². The third-order valence-electron chi connectivity index (χ3n) is 5.17. The summed E-state index contributed by atoms with van der Waals surface area (Å²) in [5.74, 6) is 0. The molecule has 24 heavy (non-hydrogen) atoms. The van der Waals surface area contributed by atoms with E-state index in [-0.39, 0.29) is 24.2 Å². The average Bonchev–Trinajstić information content (AvgIpc) is 3.17. The molecule has 2 bridgehead atoms. The van der Waals surface area contributed by atoms with E-state index in [9.17, 15) is 9.90 Å². The highest BCUT2D eigenvalue weighted by Crippen LogP contribution is 2.36. The Morgan fingerprint density at radius 3 is 2.71 bits per heavy atom. The van der Waals surface area contributed by atoms with E-state index in [4.69, 9.17) is 0 Å². The van der Waals surface area contributed by atoms with Gasteiger partial charge in [0.25, 0.3) is 0 Å².